The number of para-hydroxylation sites is 1. The van der Waals surface area contributed by atoms with Gasteiger partial charge in [-0.15, -0.1) is 0 Å². The van der Waals surface area contributed by atoms with E-state index < -0.39 is 5.41 Å². The number of hydrogen-bond acceptors (Lipinski definition) is 2. The van der Waals surface area contributed by atoms with E-state index in [0.717, 1.165) is 24.8 Å². The van der Waals surface area contributed by atoms with E-state index in [4.69, 9.17) is 0 Å². The summed E-state index contributed by atoms with van der Waals surface area (Å²) < 4.78 is 0. The lowest BCUT2D eigenvalue weighted by atomic mass is 9.75. The largest absolute Gasteiger partial charge is 0.508 e. The van der Waals surface area contributed by atoms with Crippen molar-refractivity contribution in [1.29, 1.82) is 5.26 Å². The fourth-order valence-electron chi connectivity index (χ4n) is 2.00. The third-order valence-corrected chi connectivity index (χ3v) is 2.91. The van der Waals surface area contributed by atoms with E-state index in [9.17, 15) is 10.4 Å². The third-order valence-electron chi connectivity index (χ3n) is 2.91. The van der Waals surface area contributed by atoms with Gasteiger partial charge in [-0.2, -0.15) is 5.26 Å². The summed E-state index contributed by atoms with van der Waals surface area (Å²) in [4.78, 5) is 0. The number of rotatable bonds is 4. The molecule has 1 aromatic rings. The smallest absolute Gasteiger partial charge is 0.120 e. The summed E-state index contributed by atoms with van der Waals surface area (Å²) in [6, 6.07) is 9.50. The van der Waals surface area contributed by atoms with Gasteiger partial charge in [0.1, 0.15) is 5.75 Å². The first kappa shape index (κ1) is 11.6. The summed E-state index contributed by atoms with van der Waals surface area (Å²) in [6.45, 7) is 4.05. The Balaban J connectivity index is 3.21. The van der Waals surface area contributed by atoms with E-state index in [1.807, 2.05) is 19.1 Å². The highest BCUT2D eigenvalue weighted by atomic mass is 16.3. The van der Waals surface area contributed by atoms with Gasteiger partial charge in [0.15, 0.2) is 0 Å². The molecule has 0 amide bonds. The molecule has 0 radical (unpaired) electrons. The summed E-state index contributed by atoms with van der Waals surface area (Å²) >= 11 is 0. The van der Waals surface area contributed by atoms with Gasteiger partial charge in [0.2, 0.25) is 0 Å². The van der Waals surface area contributed by atoms with Gasteiger partial charge in [0.05, 0.1) is 11.5 Å². The minimum absolute atomic E-state index is 0.231. The Morgan fingerprint density at radius 2 is 2.00 bits per heavy atom. The molecule has 0 spiro atoms. The number of phenolic OH excluding ortho intramolecular Hbond substituents is 1. The average Bonchev–Trinajstić information content (AvgIpc) is 2.27. The van der Waals surface area contributed by atoms with Crippen molar-refractivity contribution in [1.82, 2.24) is 0 Å². The van der Waals surface area contributed by atoms with Gasteiger partial charge in [-0.05, 0) is 18.9 Å². The number of hydrogen-bond donors (Lipinski definition) is 1. The zero-order chi connectivity index (χ0) is 11.3. The molecule has 0 saturated heterocycles. The van der Waals surface area contributed by atoms with Crippen LogP contribution in [0.15, 0.2) is 24.3 Å². The van der Waals surface area contributed by atoms with E-state index in [1.54, 1.807) is 12.1 Å². The molecular formula is C13H17NO. The summed E-state index contributed by atoms with van der Waals surface area (Å²) in [6.07, 6.45) is 2.46. The number of nitriles is 1. The lowest BCUT2D eigenvalue weighted by Gasteiger charge is -2.25. The van der Waals surface area contributed by atoms with Crippen LogP contribution in [-0.2, 0) is 5.41 Å². The SMILES string of the molecule is CCCC(C#N)(CC)c1ccccc1O. The Morgan fingerprint density at radius 3 is 2.47 bits per heavy atom. The second-order valence-electron chi connectivity index (χ2n) is 3.81. The van der Waals surface area contributed by atoms with E-state index in [-0.39, 0.29) is 5.75 Å². The zero-order valence-electron chi connectivity index (χ0n) is 9.33. The van der Waals surface area contributed by atoms with Gasteiger partial charge >= 0.3 is 0 Å². The van der Waals surface area contributed by atoms with Crippen molar-refractivity contribution in [2.24, 2.45) is 0 Å². The van der Waals surface area contributed by atoms with Gasteiger partial charge in [-0.25, -0.2) is 0 Å². The minimum atomic E-state index is -0.528. The van der Waals surface area contributed by atoms with Gasteiger partial charge in [0.25, 0.3) is 0 Å². The Bertz CT molecular complexity index is 367. The second-order valence-corrected chi connectivity index (χ2v) is 3.81. The Hall–Kier alpha value is -1.49. The Labute approximate surface area is 91.2 Å². The van der Waals surface area contributed by atoms with Gasteiger partial charge in [-0.1, -0.05) is 38.5 Å². The monoisotopic (exact) mass is 203 g/mol. The topological polar surface area (TPSA) is 44.0 Å². The first-order valence-corrected chi connectivity index (χ1v) is 5.40. The normalized spacial score (nSPS) is 14.2. The van der Waals surface area contributed by atoms with Crippen LogP contribution in [0.1, 0.15) is 38.7 Å². The number of aromatic hydroxyl groups is 1. The van der Waals surface area contributed by atoms with Crippen LogP contribution in [-0.4, -0.2) is 5.11 Å². The summed E-state index contributed by atoms with van der Waals surface area (Å²) in [5.74, 6) is 0.231. The molecule has 1 N–H and O–H groups in total. The third kappa shape index (κ3) is 2.12. The molecule has 1 atom stereocenters. The number of nitrogens with zero attached hydrogens (tertiary/aromatic N) is 1. The molecule has 0 heterocycles. The lowest BCUT2D eigenvalue weighted by Crippen LogP contribution is -2.22. The van der Waals surface area contributed by atoms with Crippen molar-refractivity contribution < 1.29 is 5.11 Å². The van der Waals surface area contributed by atoms with Crippen LogP contribution in [0.4, 0.5) is 0 Å². The summed E-state index contributed by atoms with van der Waals surface area (Å²) in [5.41, 5.74) is 0.233. The van der Waals surface area contributed by atoms with E-state index in [2.05, 4.69) is 13.0 Å². The molecule has 0 aliphatic heterocycles. The minimum Gasteiger partial charge on any atom is -0.508 e. The zero-order valence-corrected chi connectivity index (χ0v) is 9.33. The Kier molecular flexibility index (Phi) is 3.74. The first-order valence-electron chi connectivity index (χ1n) is 5.40. The van der Waals surface area contributed by atoms with Gasteiger partial charge in [0, 0.05) is 5.56 Å². The molecule has 0 saturated carbocycles. The molecule has 2 nitrogen and oxygen atoms in total. The highest BCUT2D eigenvalue weighted by Crippen LogP contribution is 2.37. The highest BCUT2D eigenvalue weighted by molar-refractivity contribution is 5.42. The average molecular weight is 203 g/mol. The van der Waals surface area contributed by atoms with Gasteiger partial charge < -0.3 is 5.11 Å². The van der Waals surface area contributed by atoms with Crippen molar-refractivity contribution in [3.05, 3.63) is 29.8 Å². The molecule has 0 aromatic heterocycles. The maximum Gasteiger partial charge on any atom is 0.120 e. The molecule has 15 heavy (non-hydrogen) atoms. The van der Waals surface area contributed by atoms with Crippen molar-refractivity contribution in [3.8, 4) is 11.8 Å². The number of phenols is 1. The summed E-state index contributed by atoms with van der Waals surface area (Å²) in [7, 11) is 0. The maximum atomic E-state index is 9.78. The fourth-order valence-corrected chi connectivity index (χ4v) is 2.00. The molecule has 2 heteroatoms. The molecule has 0 aliphatic carbocycles. The molecule has 0 fully saturated rings. The van der Waals surface area contributed by atoms with Crippen LogP contribution < -0.4 is 0 Å². The highest BCUT2D eigenvalue weighted by Gasteiger charge is 2.31. The van der Waals surface area contributed by atoms with Crippen molar-refractivity contribution in [2.75, 3.05) is 0 Å². The van der Waals surface area contributed by atoms with Crippen LogP contribution in [0.25, 0.3) is 0 Å². The van der Waals surface area contributed by atoms with Crippen LogP contribution in [0.3, 0.4) is 0 Å². The maximum absolute atomic E-state index is 9.78. The molecule has 0 aliphatic rings. The summed E-state index contributed by atoms with van der Waals surface area (Å²) in [5, 5.41) is 19.1. The molecule has 1 aromatic carbocycles. The standard InChI is InChI=1S/C13H17NO/c1-3-9-13(4-2,10-14)11-7-5-6-8-12(11)15/h5-8,15H,3-4,9H2,1-2H3. The van der Waals surface area contributed by atoms with Crippen LogP contribution in [0.2, 0.25) is 0 Å². The van der Waals surface area contributed by atoms with E-state index in [1.165, 1.54) is 0 Å². The molecule has 1 unspecified atom stereocenters. The van der Waals surface area contributed by atoms with E-state index in [0.29, 0.717) is 0 Å². The molecule has 1 rings (SSSR count). The van der Waals surface area contributed by atoms with E-state index >= 15 is 0 Å². The number of benzene rings is 1. The second kappa shape index (κ2) is 4.84. The van der Waals surface area contributed by atoms with Crippen LogP contribution >= 0.6 is 0 Å². The predicted octanol–water partition coefficient (Wildman–Crippen LogP) is 3.36. The van der Waals surface area contributed by atoms with Crippen molar-refractivity contribution >= 4 is 0 Å². The van der Waals surface area contributed by atoms with Crippen LogP contribution in [0, 0.1) is 11.3 Å². The molecule has 80 valence electrons. The quantitative estimate of drug-likeness (QED) is 0.815. The predicted molar refractivity (Wildman–Crippen MR) is 60.6 cm³/mol. The Morgan fingerprint density at radius 1 is 1.33 bits per heavy atom. The molecular weight excluding hydrogens is 186 g/mol. The van der Waals surface area contributed by atoms with Gasteiger partial charge in [-0.3, -0.25) is 0 Å². The fraction of sp³-hybridized carbons (Fsp3) is 0.462. The lowest BCUT2D eigenvalue weighted by molar-refractivity contribution is 0.422. The molecule has 0 bridgehead atoms. The first-order chi connectivity index (χ1) is 7.20. The van der Waals surface area contributed by atoms with Crippen molar-refractivity contribution in [2.45, 2.75) is 38.5 Å². The van der Waals surface area contributed by atoms with Crippen molar-refractivity contribution in [3.63, 3.8) is 0 Å². The van der Waals surface area contributed by atoms with Crippen LogP contribution in [0.5, 0.6) is 5.75 Å².